The van der Waals surface area contributed by atoms with Gasteiger partial charge in [-0.1, -0.05) is 6.92 Å². The Labute approximate surface area is 143 Å². The number of aryl methyl sites for hydroxylation is 2. The second kappa shape index (κ2) is 8.26. The minimum Gasteiger partial charge on any atom is -0.384 e. The maximum absolute atomic E-state index is 5.94. The van der Waals surface area contributed by atoms with Gasteiger partial charge in [-0.15, -0.1) is 0 Å². The van der Waals surface area contributed by atoms with Crippen LogP contribution in [0.4, 0.5) is 5.82 Å². The van der Waals surface area contributed by atoms with Crippen LogP contribution in [0.3, 0.4) is 0 Å². The van der Waals surface area contributed by atoms with Gasteiger partial charge in [-0.2, -0.15) is 0 Å². The SMILES string of the molecule is CCCn1ccnc1CN1CCOC(CCc2ccnc(N)c2)C1. The van der Waals surface area contributed by atoms with Gasteiger partial charge in [0.15, 0.2) is 0 Å². The molecule has 0 amide bonds. The number of nitrogens with two attached hydrogens (primary N) is 1. The first-order chi connectivity index (χ1) is 11.7. The van der Waals surface area contributed by atoms with Crippen LogP contribution >= 0.6 is 0 Å². The maximum atomic E-state index is 5.94. The molecule has 1 aliphatic heterocycles. The highest BCUT2D eigenvalue weighted by atomic mass is 16.5. The summed E-state index contributed by atoms with van der Waals surface area (Å²) in [6, 6.07) is 3.97. The standard InChI is InChI=1S/C18H27N5O/c1-2-8-23-9-7-21-18(23)14-22-10-11-24-16(13-22)4-3-15-5-6-20-17(19)12-15/h5-7,9,12,16H,2-4,8,10-11,13-14H2,1H3,(H2,19,20). The molecule has 6 nitrogen and oxygen atoms in total. The third kappa shape index (κ3) is 4.55. The number of nitrogen functional groups attached to an aromatic ring is 1. The minimum absolute atomic E-state index is 0.266. The van der Waals surface area contributed by atoms with Crippen molar-refractivity contribution in [2.24, 2.45) is 0 Å². The molecule has 1 fully saturated rings. The lowest BCUT2D eigenvalue weighted by Gasteiger charge is -2.32. The molecular formula is C18H27N5O. The van der Waals surface area contributed by atoms with E-state index in [1.807, 2.05) is 18.3 Å². The summed E-state index contributed by atoms with van der Waals surface area (Å²) in [6.45, 7) is 6.84. The van der Waals surface area contributed by atoms with E-state index in [1.54, 1.807) is 6.20 Å². The van der Waals surface area contributed by atoms with Gasteiger partial charge in [0.1, 0.15) is 11.6 Å². The summed E-state index contributed by atoms with van der Waals surface area (Å²) in [5, 5.41) is 0. The Hall–Kier alpha value is -1.92. The molecule has 3 rings (SSSR count). The van der Waals surface area contributed by atoms with E-state index in [-0.39, 0.29) is 6.10 Å². The van der Waals surface area contributed by atoms with E-state index in [0.717, 1.165) is 57.9 Å². The lowest BCUT2D eigenvalue weighted by Crippen LogP contribution is -2.42. The van der Waals surface area contributed by atoms with Crippen molar-refractivity contribution in [3.05, 3.63) is 42.1 Å². The monoisotopic (exact) mass is 329 g/mol. The van der Waals surface area contributed by atoms with Gasteiger partial charge in [-0.3, -0.25) is 4.90 Å². The molecular weight excluding hydrogens is 302 g/mol. The first-order valence-electron chi connectivity index (χ1n) is 8.79. The zero-order chi connectivity index (χ0) is 16.8. The predicted octanol–water partition coefficient (Wildman–Crippen LogP) is 2.10. The van der Waals surface area contributed by atoms with Crippen LogP contribution in [0.25, 0.3) is 0 Å². The van der Waals surface area contributed by atoms with Crippen molar-refractivity contribution in [3.63, 3.8) is 0 Å². The van der Waals surface area contributed by atoms with Gasteiger partial charge >= 0.3 is 0 Å². The summed E-state index contributed by atoms with van der Waals surface area (Å²) in [5.41, 5.74) is 6.97. The van der Waals surface area contributed by atoms with Gasteiger partial charge < -0.3 is 15.0 Å². The van der Waals surface area contributed by atoms with E-state index in [1.165, 1.54) is 5.56 Å². The Bertz CT molecular complexity index is 642. The van der Waals surface area contributed by atoms with E-state index in [4.69, 9.17) is 10.5 Å². The lowest BCUT2D eigenvalue weighted by molar-refractivity contribution is -0.0355. The van der Waals surface area contributed by atoms with Crippen molar-refractivity contribution < 1.29 is 4.74 Å². The largest absolute Gasteiger partial charge is 0.384 e. The molecule has 0 radical (unpaired) electrons. The van der Waals surface area contributed by atoms with E-state index >= 15 is 0 Å². The summed E-state index contributed by atoms with van der Waals surface area (Å²) >= 11 is 0. The number of rotatable bonds is 7. The zero-order valence-corrected chi connectivity index (χ0v) is 14.4. The molecule has 1 saturated heterocycles. The normalized spacial score (nSPS) is 18.8. The predicted molar refractivity (Wildman–Crippen MR) is 94.5 cm³/mol. The summed E-state index contributed by atoms with van der Waals surface area (Å²) in [6.07, 6.45) is 9.11. The topological polar surface area (TPSA) is 69.2 Å². The summed E-state index contributed by atoms with van der Waals surface area (Å²) in [5.74, 6) is 1.74. The lowest BCUT2D eigenvalue weighted by atomic mass is 10.1. The van der Waals surface area contributed by atoms with Crippen molar-refractivity contribution >= 4 is 5.82 Å². The van der Waals surface area contributed by atoms with Gasteiger partial charge in [0.05, 0.1) is 19.3 Å². The number of pyridine rings is 1. The third-order valence-corrected chi connectivity index (χ3v) is 4.45. The molecule has 1 atom stereocenters. The van der Waals surface area contributed by atoms with Crippen LogP contribution < -0.4 is 5.73 Å². The number of imidazole rings is 1. The van der Waals surface area contributed by atoms with Crippen LogP contribution in [-0.4, -0.2) is 45.2 Å². The van der Waals surface area contributed by atoms with Crippen LogP contribution in [0.1, 0.15) is 31.2 Å². The van der Waals surface area contributed by atoms with Crippen LogP contribution in [0.5, 0.6) is 0 Å². The number of nitrogens with zero attached hydrogens (tertiary/aromatic N) is 4. The average molecular weight is 329 g/mol. The molecule has 0 spiro atoms. The number of ether oxygens (including phenoxy) is 1. The summed E-state index contributed by atoms with van der Waals surface area (Å²) in [4.78, 5) is 11.0. The van der Waals surface area contributed by atoms with Gasteiger partial charge in [-0.05, 0) is 37.0 Å². The van der Waals surface area contributed by atoms with Gasteiger partial charge in [0, 0.05) is 38.2 Å². The van der Waals surface area contributed by atoms with Crippen LogP contribution in [0.2, 0.25) is 0 Å². The molecule has 130 valence electrons. The van der Waals surface area contributed by atoms with E-state index in [2.05, 4.69) is 32.6 Å². The minimum atomic E-state index is 0.266. The highest BCUT2D eigenvalue weighted by molar-refractivity contribution is 5.31. The summed E-state index contributed by atoms with van der Waals surface area (Å²) < 4.78 is 8.20. The number of morpholine rings is 1. The fourth-order valence-electron chi connectivity index (χ4n) is 3.21. The Balaban J connectivity index is 1.51. The highest BCUT2D eigenvalue weighted by Crippen LogP contribution is 2.15. The van der Waals surface area contributed by atoms with Crippen molar-refractivity contribution in [1.29, 1.82) is 0 Å². The zero-order valence-electron chi connectivity index (χ0n) is 14.4. The Morgan fingerprint density at radius 3 is 3.08 bits per heavy atom. The molecule has 3 heterocycles. The molecule has 1 aliphatic rings. The molecule has 6 heteroatoms. The van der Waals surface area contributed by atoms with Crippen LogP contribution in [0.15, 0.2) is 30.7 Å². The first kappa shape index (κ1) is 16.9. The van der Waals surface area contributed by atoms with E-state index in [0.29, 0.717) is 5.82 Å². The Kier molecular flexibility index (Phi) is 5.82. The molecule has 0 saturated carbocycles. The molecule has 0 bridgehead atoms. The molecule has 24 heavy (non-hydrogen) atoms. The number of anilines is 1. The average Bonchev–Trinajstić information content (AvgIpc) is 3.01. The fourth-order valence-corrected chi connectivity index (χ4v) is 3.21. The summed E-state index contributed by atoms with van der Waals surface area (Å²) in [7, 11) is 0. The van der Waals surface area contributed by atoms with Crippen molar-refractivity contribution in [3.8, 4) is 0 Å². The van der Waals surface area contributed by atoms with E-state index in [9.17, 15) is 0 Å². The van der Waals surface area contributed by atoms with Gasteiger partial charge in [0.25, 0.3) is 0 Å². The van der Waals surface area contributed by atoms with Gasteiger partial charge in [0.2, 0.25) is 0 Å². The molecule has 0 aliphatic carbocycles. The fraction of sp³-hybridized carbons (Fsp3) is 0.556. The highest BCUT2D eigenvalue weighted by Gasteiger charge is 2.21. The molecule has 2 N–H and O–H groups in total. The maximum Gasteiger partial charge on any atom is 0.123 e. The van der Waals surface area contributed by atoms with Crippen LogP contribution in [-0.2, 0) is 24.2 Å². The molecule has 2 aromatic rings. The quantitative estimate of drug-likeness (QED) is 0.842. The molecule has 2 aromatic heterocycles. The van der Waals surface area contributed by atoms with Crippen molar-refractivity contribution in [2.45, 2.75) is 45.4 Å². The second-order valence-corrected chi connectivity index (χ2v) is 6.39. The Morgan fingerprint density at radius 1 is 1.33 bits per heavy atom. The third-order valence-electron chi connectivity index (χ3n) is 4.45. The Morgan fingerprint density at radius 2 is 2.25 bits per heavy atom. The smallest absolute Gasteiger partial charge is 0.123 e. The number of hydrogen-bond acceptors (Lipinski definition) is 5. The second-order valence-electron chi connectivity index (χ2n) is 6.39. The van der Waals surface area contributed by atoms with Gasteiger partial charge in [-0.25, -0.2) is 9.97 Å². The van der Waals surface area contributed by atoms with E-state index < -0.39 is 0 Å². The molecule has 1 unspecified atom stereocenters. The first-order valence-corrected chi connectivity index (χ1v) is 8.79. The van der Waals surface area contributed by atoms with Crippen LogP contribution in [0, 0.1) is 0 Å². The number of hydrogen-bond donors (Lipinski definition) is 1. The number of aromatic nitrogens is 3. The van der Waals surface area contributed by atoms with Crippen molar-refractivity contribution in [1.82, 2.24) is 19.4 Å². The molecule has 0 aromatic carbocycles. The van der Waals surface area contributed by atoms with Crippen molar-refractivity contribution in [2.75, 3.05) is 25.4 Å².